The minimum atomic E-state index is -3.80. The average molecular weight is 454 g/mol. The smallest absolute Gasteiger partial charge is 0.293 e. The van der Waals surface area contributed by atoms with E-state index in [1.165, 1.54) is 18.6 Å². The van der Waals surface area contributed by atoms with Crippen LogP contribution in [0.3, 0.4) is 0 Å². The molecule has 1 amide bonds. The van der Waals surface area contributed by atoms with Crippen LogP contribution < -0.4 is 5.14 Å². The number of aromatic nitrogens is 3. The Morgan fingerprint density at radius 1 is 1.06 bits per heavy atom. The number of primary sulfonamides is 1. The Balaban J connectivity index is 1.69. The standard InChI is InChI=1S/C23H27N5O3S/c1-27(18-10-6-3-7-11-18)23(29)22-25-21(16-17-8-4-2-5-9-17)28(26-22)19-12-14-20(15-13-19)32(24,30)31/h2,4-5,8-9,12-15,18H,3,6-7,10-11,16H2,1H3,(H2,24,30,31). The number of nitrogens with two attached hydrogens (primary N) is 1. The summed E-state index contributed by atoms with van der Waals surface area (Å²) in [4.78, 5) is 19.5. The second-order valence-corrected chi connectivity index (χ2v) is 9.73. The molecule has 8 nitrogen and oxygen atoms in total. The highest BCUT2D eigenvalue weighted by atomic mass is 32.2. The van der Waals surface area contributed by atoms with E-state index in [0.29, 0.717) is 17.9 Å². The summed E-state index contributed by atoms with van der Waals surface area (Å²) in [5.41, 5.74) is 1.64. The van der Waals surface area contributed by atoms with Gasteiger partial charge in [0.1, 0.15) is 5.82 Å². The molecule has 9 heteroatoms. The van der Waals surface area contributed by atoms with Crippen molar-refractivity contribution >= 4 is 15.9 Å². The Kier molecular flexibility index (Phi) is 6.38. The van der Waals surface area contributed by atoms with Crippen molar-refractivity contribution in [2.75, 3.05) is 7.05 Å². The van der Waals surface area contributed by atoms with Gasteiger partial charge in [-0.25, -0.2) is 23.2 Å². The molecule has 1 saturated carbocycles. The lowest BCUT2D eigenvalue weighted by molar-refractivity contribution is 0.0684. The van der Waals surface area contributed by atoms with Crippen LogP contribution in [0, 0.1) is 0 Å². The summed E-state index contributed by atoms with van der Waals surface area (Å²) in [7, 11) is -1.98. The van der Waals surface area contributed by atoms with Gasteiger partial charge >= 0.3 is 0 Å². The number of hydrogen-bond donors (Lipinski definition) is 1. The predicted octanol–water partition coefficient (Wildman–Crippen LogP) is 2.91. The molecule has 4 rings (SSSR count). The highest BCUT2D eigenvalue weighted by molar-refractivity contribution is 7.89. The minimum absolute atomic E-state index is 0.0132. The largest absolute Gasteiger partial charge is 0.336 e. The van der Waals surface area contributed by atoms with Crippen molar-refractivity contribution in [3.05, 3.63) is 71.8 Å². The van der Waals surface area contributed by atoms with Gasteiger partial charge in [0.25, 0.3) is 5.91 Å². The van der Waals surface area contributed by atoms with Gasteiger partial charge in [-0.3, -0.25) is 4.79 Å². The predicted molar refractivity (Wildman–Crippen MR) is 121 cm³/mol. The van der Waals surface area contributed by atoms with Crippen LogP contribution in [0.1, 0.15) is 54.1 Å². The van der Waals surface area contributed by atoms with Gasteiger partial charge in [0.05, 0.1) is 10.6 Å². The normalized spacial score (nSPS) is 14.9. The first-order valence-corrected chi connectivity index (χ1v) is 12.3. The summed E-state index contributed by atoms with van der Waals surface area (Å²) in [6, 6.07) is 16.1. The summed E-state index contributed by atoms with van der Waals surface area (Å²) in [5.74, 6) is 0.533. The van der Waals surface area contributed by atoms with Gasteiger partial charge in [-0.1, -0.05) is 49.6 Å². The zero-order chi connectivity index (χ0) is 22.7. The lowest BCUT2D eigenvalue weighted by Gasteiger charge is -2.30. The van der Waals surface area contributed by atoms with Crippen molar-refractivity contribution in [1.29, 1.82) is 0 Å². The van der Waals surface area contributed by atoms with Crippen LogP contribution in [0.4, 0.5) is 0 Å². The van der Waals surface area contributed by atoms with Crippen LogP contribution in [-0.2, 0) is 16.4 Å². The van der Waals surface area contributed by atoms with Crippen LogP contribution in [0.25, 0.3) is 5.69 Å². The number of amides is 1. The highest BCUT2D eigenvalue weighted by Gasteiger charge is 2.27. The van der Waals surface area contributed by atoms with Crippen LogP contribution in [0.15, 0.2) is 59.5 Å². The fraction of sp³-hybridized carbons (Fsp3) is 0.348. The number of nitrogens with zero attached hydrogens (tertiary/aromatic N) is 4. The monoisotopic (exact) mass is 453 g/mol. The fourth-order valence-electron chi connectivity index (χ4n) is 4.10. The highest BCUT2D eigenvalue weighted by Crippen LogP contribution is 2.23. The lowest BCUT2D eigenvalue weighted by atomic mass is 9.94. The van der Waals surface area contributed by atoms with Crippen molar-refractivity contribution < 1.29 is 13.2 Å². The fourth-order valence-corrected chi connectivity index (χ4v) is 4.62. The topological polar surface area (TPSA) is 111 Å². The lowest BCUT2D eigenvalue weighted by Crippen LogP contribution is -2.38. The molecule has 1 aromatic heterocycles. The Labute approximate surface area is 188 Å². The molecule has 1 aliphatic rings. The van der Waals surface area contributed by atoms with Gasteiger partial charge < -0.3 is 4.90 Å². The van der Waals surface area contributed by atoms with E-state index in [1.807, 2.05) is 37.4 Å². The minimum Gasteiger partial charge on any atom is -0.336 e. The van der Waals surface area contributed by atoms with E-state index in [2.05, 4.69) is 10.1 Å². The van der Waals surface area contributed by atoms with Crippen LogP contribution in [0.5, 0.6) is 0 Å². The molecule has 0 atom stereocenters. The van der Waals surface area contributed by atoms with Crippen LogP contribution >= 0.6 is 0 Å². The van der Waals surface area contributed by atoms with Crippen LogP contribution in [0.2, 0.25) is 0 Å². The maximum absolute atomic E-state index is 13.2. The first-order valence-electron chi connectivity index (χ1n) is 10.7. The second kappa shape index (κ2) is 9.22. The van der Waals surface area contributed by atoms with Gasteiger partial charge in [-0.2, -0.15) is 0 Å². The summed E-state index contributed by atoms with van der Waals surface area (Å²) in [6.45, 7) is 0. The summed E-state index contributed by atoms with van der Waals surface area (Å²) in [6.07, 6.45) is 5.93. The molecule has 0 spiro atoms. The summed E-state index contributed by atoms with van der Waals surface area (Å²) < 4.78 is 24.8. The van der Waals surface area contributed by atoms with Gasteiger partial charge in [0.15, 0.2) is 0 Å². The number of hydrogen-bond acceptors (Lipinski definition) is 5. The Morgan fingerprint density at radius 3 is 2.34 bits per heavy atom. The number of rotatable bonds is 6. The van der Waals surface area contributed by atoms with E-state index >= 15 is 0 Å². The molecule has 32 heavy (non-hydrogen) atoms. The Hall–Kier alpha value is -3.04. The van der Waals surface area contributed by atoms with E-state index in [0.717, 1.165) is 31.2 Å². The molecule has 0 aliphatic heterocycles. The molecule has 1 fully saturated rings. The molecule has 3 aromatic rings. The molecule has 168 valence electrons. The number of carbonyl (C=O) groups is 1. The Morgan fingerprint density at radius 2 is 1.72 bits per heavy atom. The third-order valence-electron chi connectivity index (χ3n) is 5.92. The maximum Gasteiger partial charge on any atom is 0.293 e. The van der Waals surface area contributed by atoms with E-state index in [9.17, 15) is 13.2 Å². The van der Waals surface area contributed by atoms with Crippen LogP contribution in [-0.4, -0.2) is 47.1 Å². The van der Waals surface area contributed by atoms with Gasteiger partial charge in [-0.15, -0.1) is 5.10 Å². The SMILES string of the molecule is CN(C(=O)c1nc(Cc2ccccc2)n(-c2ccc(S(N)(=O)=O)cc2)n1)C1CCCCC1. The third kappa shape index (κ3) is 4.89. The van der Waals surface area contributed by atoms with Crippen molar-refractivity contribution in [3.63, 3.8) is 0 Å². The molecule has 2 aromatic carbocycles. The van der Waals surface area contributed by atoms with E-state index < -0.39 is 10.0 Å². The molecule has 1 aliphatic carbocycles. The van der Waals surface area contributed by atoms with Gasteiger partial charge in [0, 0.05) is 19.5 Å². The summed E-state index contributed by atoms with van der Waals surface area (Å²) >= 11 is 0. The molecular weight excluding hydrogens is 426 g/mol. The zero-order valence-corrected chi connectivity index (χ0v) is 18.8. The number of benzene rings is 2. The van der Waals surface area contributed by atoms with E-state index in [4.69, 9.17) is 5.14 Å². The maximum atomic E-state index is 13.2. The van der Waals surface area contributed by atoms with Crippen molar-refractivity contribution in [2.45, 2.75) is 49.5 Å². The summed E-state index contributed by atoms with van der Waals surface area (Å²) in [5, 5.41) is 9.73. The molecule has 0 saturated heterocycles. The van der Waals surface area contributed by atoms with Gasteiger partial charge in [0.2, 0.25) is 15.8 Å². The van der Waals surface area contributed by atoms with Crippen molar-refractivity contribution in [1.82, 2.24) is 19.7 Å². The van der Waals surface area contributed by atoms with E-state index in [1.54, 1.807) is 21.7 Å². The number of carbonyl (C=O) groups excluding carboxylic acids is 1. The van der Waals surface area contributed by atoms with Crippen molar-refractivity contribution in [2.24, 2.45) is 5.14 Å². The second-order valence-electron chi connectivity index (χ2n) is 8.17. The Bertz CT molecular complexity index is 1180. The first-order chi connectivity index (χ1) is 15.3. The molecule has 0 unspecified atom stereocenters. The first kappa shape index (κ1) is 22.2. The third-order valence-corrected chi connectivity index (χ3v) is 6.85. The van der Waals surface area contributed by atoms with Gasteiger partial charge in [-0.05, 0) is 42.7 Å². The molecule has 2 N–H and O–H groups in total. The van der Waals surface area contributed by atoms with E-state index in [-0.39, 0.29) is 22.7 Å². The number of sulfonamides is 1. The molecule has 0 radical (unpaired) electrons. The molecule has 0 bridgehead atoms. The molecule has 1 heterocycles. The molecular formula is C23H27N5O3S. The zero-order valence-electron chi connectivity index (χ0n) is 18.0. The quantitative estimate of drug-likeness (QED) is 0.617. The average Bonchev–Trinajstić information content (AvgIpc) is 3.22. The van der Waals surface area contributed by atoms with Crippen molar-refractivity contribution in [3.8, 4) is 5.69 Å².